The van der Waals surface area contributed by atoms with E-state index in [1.54, 1.807) is 13.8 Å². The van der Waals surface area contributed by atoms with Crippen LogP contribution < -0.4 is 0 Å². The van der Waals surface area contributed by atoms with Crippen LogP contribution in [0.2, 0.25) is 0 Å². The Balaban J connectivity index is 4.01. The number of esters is 4. The van der Waals surface area contributed by atoms with Crippen molar-refractivity contribution in [1.82, 2.24) is 0 Å². The smallest absolute Gasteiger partial charge is 0.316 e. The summed E-state index contributed by atoms with van der Waals surface area (Å²) in [5.74, 6) is -2.26. The van der Waals surface area contributed by atoms with Crippen LogP contribution in [0, 0.1) is 23.7 Å². The van der Waals surface area contributed by atoms with Crippen molar-refractivity contribution in [3.05, 3.63) is 0 Å². The lowest BCUT2D eigenvalue weighted by molar-refractivity contribution is -0.167. The molecule has 246 valence electrons. The van der Waals surface area contributed by atoms with Crippen molar-refractivity contribution in [2.45, 2.75) is 183 Å². The Kier molecular flexibility index (Phi) is 25.8. The van der Waals surface area contributed by atoms with Gasteiger partial charge in [-0.3, -0.25) is 19.2 Å². The zero-order valence-electron chi connectivity index (χ0n) is 28.3. The minimum Gasteiger partial charge on any atom is -0.393 e. The highest BCUT2D eigenvalue weighted by atomic mass is 16.6. The second kappa shape index (κ2) is 26.9. The van der Waals surface area contributed by atoms with Gasteiger partial charge in [-0.1, -0.05) is 144 Å². The molecule has 0 aliphatic rings. The molecule has 0 N–H and O–H groups in total. The normalized spacial score (nSPS) is 14.1. The summed E-state index contributed by atoms with van der Waals surface area (Å²) in [6.07, 6.45) is 23.1. The van der Waals surface area contributed by atoms with E-state index in [-0.39, 0.29) is 24.7 Å². The average Bonchev–Trinajstić information content (AvgIpc) is 2.96. The summed E-state index contributed by atoms with van der Waals surface area (Å²) in [6, 6.07) is 0. The fraction of sp³-hybridized carbons (Fsp3) is 0.889. The van der Waals surface area contributed by atoms with Crippen LogP contribution in [0.5, 0.6) is 0 Å². The van der Waals surface area contributed by atoms with Crippen LogP contribution >= 0.6 is 0 Å². The van der Waals surface area contributed by atoms with Crippen molar-refractivity contribution in [1.29, 1.82) is 0 Å². The fourth-order valence-electron chi connectivity index (χ4n) is 5.22. The molecule has 0 rings (SSSR count). The second-order valence-corrected chi connectivity index (χ2v) is 13.1. The summed E-state index contributed by atoms with van der Waals surface area (Å²) in [5.41, 5.74) is 0. The molecule has 4 atom stereocenters. The molecule has 0 saturated carbocycles. The highest BCUT2D eigenvalue weighted by Crippen LogP contribution is 2.21. The molecular weight excluding hydrogens is 528 g/mol. The molecule has 0 spiro atoms. The van der Waals surface area contributed by atoms with Crippen LogP contribution in [-0.4, -0.2) is 23.9 Å². The summed E-state index contributed by atoms with van der Waals surface area (Å²) < 4.78 is 9.90. The van der Waals surface area contributed by atoms with E-state index in [1.165, 1.54) is 89.9 Å². The van der Waals surface area contributed by atoms with Gasteiger partial charge in [-0.05, 0) is 37.5 Å². The summed E-state index contributed by atoms with van der Waals surface area (Å²) in [7, 11) is 0. The minimum absolute atomic E-state index is 0.275. The number of hydrogen-bond donors (Lipinski definition) is 0. The van der Waals surface area contributed by atoms with Crippen LogP contribution in [0.3, 0.4) is 0 Å². The molecule has 0 aliphatic carbocycles. The number of carbonyl (C=O) groups is 4. The van der Waals surface area contributed by atoms with Gasteiger partial charge in [0.15, 0.2) is 0 Å². The van der Waals surface area contributed by atoms with Crippen LogP contribution in [0.25, 0.3) is 0 Å². The maximum atomic E-state index is 12.3. The molecule has 0 amide bonds. The summed E-state index contributed by atoms with van der Waals surface area (Å²) in [4.78, 5) is 48.8. The summed E-state index contributed by atoms with van der Waals surface area (Å²) in [5, 5.41) is 0. The molecule has 0 saturated heterocycles. The van der Waals surface area contributed by atoms with Gasteiger partial charge in [0.25, 0.3) is 0 Å². The molecule has 6 nitrogen and oxygen atoms in total. The Morgan fingerprint density at radius 1 is 0.429 bits per heavy atom. The Morgan fingerprint density at radius 3 is 1.07 bits per heavy atom. The van der Waals surface area contributed by atoms with E-state index in [1.807, 2.05) is 0 Å². The molecule has 4 unspecified atom stereocenters. The number of unbranched alkanes of at least 4 members (excludes halogenated alkanes) is 12. The highest BCUT2D eigenvalue weighted by molar-refractivity contribution is 5.90. The predicted molar refractivity (Wildman–Crippen MR) is 172 cm³/mol. The first-order valence-electron chi connectivity index (χ1n) is 17.6. The van der Waals surface area contributed by atoms with E-state index in [0.717, 1.165) is 25.7 Å². The van der Waals surface area contributed by atoms with Gasteiger partial charge in [0, 0.05) is 0 Å². The van der Waals surface area contributed by atoms with Crippen molar-refractivity contribution in [2.24, 2.45) is 23.7 Å². The van der Waals surface area contributed by atoms with Gasteiger partial charge in [-0.25, -0.2) is 0 Å². The van der Waals surface area contributed by atoms with E-state index in [0.29, 0.717) is 24.7 Å². The Hall–Kier alpha value is -1.72. The van der Waals surface area contributed by atoms with E-state index < -0.39 is 23.9 Å². The third-order valence-electron chi connectivity index (χ3n) is 8.55. The number of hydrogen-bond acceptors (Lipinski definition) is 6. The van der Waals surface area contributed by atoms with Gasteiger partial charge >= 0.3 is 23.9 Å². The largest absolute Gasteiger partial charge is 0.393 e. The molecular formula is C36H66O6. The van der Waals surface area contributed by atoms with Crippen LogP contribution in [-0.2, 0) is 28.7 Å². The SMILES string of the molecule is CCCCCCCCCC(C)CCC(C)C(=O)OC(=O)CCC(=O)OC(=O)C(C)CCC(C)CCCCCCCCC. The van der Waals surface area contributed by atoms with Crippen molar-refractivity contribution in [2.75, 3.05) is 0 Å². The van der Waals surface area contributed by atoms with Gasteiger partial charge in [-0.15, -0.1) is 0 Å². The maximum absolute atomic E-state index is 12.3. The van der Waals surface area contributed by atoms with Crippen LogP contribution in [0.15, 0.2) is 0 Å². The lowest BCUT2D eigenvalue weighted by Crippen LogP contribution is -2.22. The average molecular weight is 595 g/mol. The lowest BCUT2D eigenvalue weighted by atomic mass is 9.93. The molecule has 0 aromatic heterocycles. The Bertz CT molecular complexity index is 658. The third kappa shape index (κ3) is 23.8. The molecule has 0 fully saturated rings. The first-order valence-corrected chi connectivity index (χ1v) is 17.6. The molecule has 0 bridgehead atoms. The highest BCUT2D eigenvalue weighted by Gasteiger charge is 2.22. The lowest BCUT2D eigenvalue weighted by Gasteiger charge is -2.15. The van der Waals surface area contributed by atoms with Crippen molar-refractivity contribution in [3.63, 3.8) is 0 Å². The first-order chi connectivity index (χ1) is 20.1. The van der Waals surface area contributed by atoms with Crippen LogP contribution in [0.1, 0.15) is 183 Å². The van der Waals surface area contributed by atoms with Crippen molar-refractivity contribution >= 4 is 23.9 Å². The minimum atomic E-state index is -0.750. The van der Waals surface area contributed by atoms with Gasteiger partial charge < -0.3 is 9.47 Å². The van der Waals surface area contributed by atoms with E-state index in [9.17, 15) is 19.2 Å². The zero-order chi connectivity index (χ0) is 31.6. The van der Waals surface area contributed by atoms with Gasteiger partial charge in [0.1, 0.15) is 0 Å². The van der Waals surface area contributed by atoms with Gasteiger partial charge in [0.05, 0.1) is 24.7 Å². The van der Waals surface area contributed by atoms with Gasteiger partial charge in [-0.2, -0.15) is 0 Å². The third-order valence-corrected chi connectivity index (χ3v) is 8.55. The summed E-state index contributed by atoms with van der Waals surface area (Å²) >= 11 is 0. The molecule has 0 aromatic carbocycles. The molecule has 0 aromatic rings. The number of rotatable bonds is 27. The molecule has 0 heterocycles. The number of ether oxygens (including phenoxy) is 2. The fourth-order valence-corrected chi connectivity index (χ4v) is 5.22. The summed E-state index contributed by atoms with van der Waals surface area (Å²) in [6.45, 7) is 12.4. The van der Waals surface area contributed by atoms with Crippen molar-refractivity contribution < 1.29 is 28.7 Å². The molecule has 0 radical (unpaired) electrons. The Morgan fingerprint density at radius 2 is 0.738 bits per heavy atom. The van der Waals surface area contributed by atoms with Gasteiger partial charge in [0.2, 0.25) is 0 Å². The predicted octanol–water partition coefficient (Wildman–Crippen LogP) is 10.3. The zero-order valence-corrected chi connectivity index (χ0v) is 28.3. The van der Waals surface area contributed by atoms with E-state index in [4.69, 9.17) is 9.47 Å². The molecule has 0 aliphatic heterocycles. The molecule has 6 heteroatoms. The first kappa shape index (κ1) is 40.3. The molecule has 42 heavy (non-hydrogen) atoms. The van der Waals surface area contributed by atoms with E-state index in [2.05, 4.69) is 27.7 Å². The Labute approximate surface area is 258 Å². The quantitative estimate of drug-likeness (QED) is 0.0534. The number of carbonyl (C=O) groups excluding carboxylic acids is 4. The second-order valence-electron chi connectivity index (χ2n) is 13.1. The van der Waals surface area contributed by atoms with Crippen LogP contribution in [0.4, 0.5) is 0 Å². The monoisotopic (exact) mass is 594 g/mol. The van der Waals surface area contributed by atoms with Crippen molar-refractivity contribution in [3.8, 4) is 0 Å². The topological polar surface area (TPSA) is 86.7 Å². The standard InChI is InChI=1S/C36H66O6/c1-7-9-11-13-15-17-19-21-29(3)23-25-31(5)35(39)41-33(37)27-28-34(38)42-36(40)32(6)26-24-30(4)22-20-18-16-14-12-10-8-2/h29-32H,7-28H2,1-6H3. The maximum Gasteiger partial charge on any atom is 0.316 e. The van der Waals surface area contributed by atoms with E-state index >= 15 is 0 Å².